The van der Waals surface area contributed by atoms with Crippen LogP contribution < -0.4 is 0 Å². The molecular formula is C12H21N3O2. The van der Waals surface area contributed by atoms with Crippen molar-refractivity contribution in [3.63, 3.8) is 0 Å². The van der Waals surface area contributed by atoms with Crippen LogP contribution in [-0.2, 0) is 4.74 Å². The van der Waals surface area contributed by atoms with Crippen LogP contribution in [0, 0.1) is 0 Å². The molecule has 0 radical (unpaired) electrons. The summed E-state index contributed by atoms with van der Waals surface area (Å²) >= 11 is 0. The zero-order valence-corrected chi connectivity index (χ0v) is 11.2. The SMILES string of the molecule is CC1=NC2CN(C(=O)OC(C)(C)C)CC2N1C. The van der Waals surface area contributed by atoms with Crippen LogP contribution >= 0.6 is 0 Å². The summed E-state index contributed by atoms with van der Waals surface area (Å²) in [7, 11) is 2.03. The maximum atomic E-state index is 11.9. The maximum absolute atomic E-state index is 11.9. The molecule has 1 saturated heterocycles. The second kappa shape index (κ2) is 3.89. The Kier molecular flexibility index (Phi) is 2.79. The average Bonchev–Trinajstić information content (AvgIpc) is 2.66. The number of aliphatic imine (C=N–C) groups is 1. The van der Waals surface area contributed by atoms with Gasteiger partial charge in [0.2, 0.25) is 0 Å². The number of hydrogen-bond acceptors (Lipinski definition) is 4. The molecule has 2 aliphatic rings. The third kappa shape index (κ3) is 2.37. The number of rotatable bonds is 0. The second-order valence-electron chi connectivity index (χ2n) is 5.81. The van der Waals surface area contributed by atoms with E-state index in [4.69, 9.17) is 4.74 Å². The van der Waals surface area contributed by atoms with Crippen LogP contribution in [0.3, 0.4) is 0 Å². The van der Waals surface area contributed by atoms with Crippen molar-refractivity contribution in [3.05, 3.63) is 0 Å². The van der Waals surface area contributed by atoms with E-state index in [0.29, 0.717) is 19.1 Å². The van der Waals surface area contributed by atoms with E-state index in [1.54, 1.807) is 4.90 Å². The molecule has 2 unspecified atom stereocenters. The Labute approximate surface area is 102 Å². The molecule has 0 aromatic carbocycles. The van der Waals surface area contributed by atoms with Crippen LogP contribution in [0.5, 0.6) is 0 Å². The molecule has 0 saturated carbocycles. The summed E-state index contributed by atoms with van der Waals surface area (Å²) < 4.78 is 5.37. The Morgan fingerprint density at radius 1 is 1.41 bits per heavy atom. The zero-order chi connectivity index (χ0) is 12.8. The molecule has 1 fully saturated rings. The van der Waals surface area contributed by atoms with Gasteiger partial charge < -0.3 is 14.5 Å². The Bertz CT molecular complexity index is 359. The van der Waals surface area contributed by atoms with Crippen LogP contribution in [0.2, 0.25) is 0 Å². The molecule has 96 valence electrons. The quantitative estimate of drug-likeness (QED) is 0.641. The fraction of sp³-hybridized carbons (Fsp3) is 0.833. The minimum atomic E-state index is -0.431. The van der Waals surface area contributed by atoms with E-state index >= 15 is 0 Å². The van der Waals surface area contributed by atoms with Crippen molar-refractivity contribution in [2.24, 2.45) is 4.99 Å². The van der Waals surface area contributed by atoms with E-state index in [-0.39, 0.29) is 12.1 Å². The van der Waals surface area contributed by atoms with Gasteiger partial charge in [-0.05, 0) is 27.7 Å². The number of likely N-dealkylation sites (N-methyl/N-ethyl adjacent to an activating group) is 1. The third-order valence-electron chi connectivity index (χ3n) is 3.27. The van der Waals surface area contributed by atoms with E-state index in [9.17, 15) is 4.79 Å². The zero-order valence-electron chi connectivity index (χ0n) is 11.2. The van der Waals surface area contributed by atoms with E-state index in [2.05, 4.69) is 9.89 Å². The van der Waals surface area contributed by atoms with E-state index < -0.39 is 5.60 Å². The summed E-state index contributed by atoms with van der Waals surface area (Å²) in [5.74, 6) is 1.06. The largest absolute Gasteiger partial charge is 0.444 e. The number of ether oxygens (including phenoxy) is 1. The van der Waals surface area contributed by atoms with Crippen molar-refractivity contribution in [1.29, 1.82) is 0 Å². The highest BCUT2D eigenvalue weighted by atomic mass is 16.6. The topological polar surface area (TPSA) is 45.1 Å². The van der Waals surface area contributed by atoms with E-state index in [1.165, 1.54) is 0 Å². The predicted molar refractivity (Wildman–Crippen MR) is 66.3 cm³/mol. The lowest BCUT2D eigenvalue weighted by Gasteiger charge is -2.25. The number of amides is 1. The lowest BCUT2D eigenvalue weighted by molar-refractivity contribution is 0.0284. The molecule has 0 bridgehead atoms. The lowest BCUT2D eigenvalue weighted by atomic mass is 10.2. The van der Waals surface area contributed by atoms with Crippen LogP contribution in [0.1, 0.15) is 27.7 Å². The van der Waals surface area contributed by atoms with Gasteiger partial charge in [-0.1, -0.05) is 0 Å². The second-order valence-corrected chi connectivity index (χ2v) is 5.81. The molecule has 17 heavy (non-hydrogen) atoms. The number of amidine groups is 1. The molecule has 2 rings (SSSR count). The number of carbonyl (C=O) groups is 1. The fourth-order valence-electron chi connectivity index (χ4n) is 2.32. The molecule has 2 aliphatic heterocycles. The first-order valence-corrected chi connectivity index (χ1v) is 6.03. The summed E-state index contributed by atoms with van der Waals surface area (Å²) in [5.41, 5.74) is -0.431. The molecule has 5 heteroatoms. The third-order valence-corrected chi connectivity index (χ3v) is 3.27. The van der Waals surface area contributed by atoms with Crippen molar-refractivity contribution >= 4 is 11.9 Å². The summed E-state index contributed by atoms with van der Waals surface area (Å²) in [6.45, 7) is 9.04. The van der Waals surface area contributed by atoms with Crippen molar-refractivity contribution < 1.29 is 9.53 Å². The number of nitrogens with zero attached hydrogens (tertiary/aromatic N) is 3. The molecule has 0 spiro atoms. The summed E-state index contributed by atoms with van der Waals surface area (Å²) in [4.78, 5) is 20.4. The molecule has 0 aromatic rings. The first-order valence-electron chi connectivity index (χ1n) is 6.03. The van der Waals surface area contributed by atoms with Crippen LogP contribution in [0.15, 0.2) is 4.99 Å². The highest BCUT2D eigenvalue weighted by molar-refractivity contribution is 5.82. The summed E-state index contributed by atoms with van der Waals surface area (Å²) in [6.07, 6.45) is -0.229. The number of hydrogen-bond donors (Lipinski definition) is 0. The van der Waals surface area contributed by atoms with Gasteiger partial charge in [0, 0.05) is 20.1 Å². The average molecular weight is 239 g/mol. The minimum Gasteiger partial charge on any atom is -0.444 e. The van der Waals surface area contributed by atoms with Gasteiger partial charge in [0.05, 0.1) is 17.9 Å². The van der Waals surface area contributed by atoms with Crippen molar-refractivity contribution in [2.45, 2.75) is 45.4 Å². The van der Waals surface area contributed by atoms with Gasteiger partial charge in [0.25, 0.3) is 0 Å². The molecule has 2 heterocycles. The van der Waals surface area contributed by atoms with Crippen molar-refractivity contribution in [2.75, 3.05) is 20.1 Å². The normalized spacial score (nSPS) is 28.2. The number of carbonyl (C=O) groups excluding carboxylic acids is 1. The monoisotopic (exact) mass is 239 g/mol. The maximum Gasteiger partial charge on any atom is 0.410 e. The predicted octanol–water partition coefficient (Wildman–Crippen LogP) is 1.34. The van der Waals surface area contributed by atoms with Crippen molar-refractivity contribution in [1.82, 2.24) is 9.80 Å². The lowest BCUT2D eigenvalue weighted by Crippen LogP contribution is -2.39. The molecular weight excluding hydrogens is 218 g/mol. The van der Waals surface area contributed by atoms with E-state index in [1.807, 2.05) is 34.7 Å². The molecule has 0 aromatic heterocycles. The van der Waals surface area contributed by atoms with Crippen molar-refractivity contribution in [3.8, 4) is 0 Å². The fourth-order valence-corrected chi connectivity index (χ4v) is 2.32. The highest BCUT2D eigenvalue weighted by Crippen LogP contribution is 2.25. The van der Waals surface area contributed by atoms with Gasteiger partial charge in [-0.15, -0.1) is 0 Å². The Hall–Kier alpha value is -1.26. The van der Waals surface area contributed by atoms with Gasteiger partial charge >= 0.3 is 6.09 Å². The van der Waals surface area contributed by atoms with Crippen LogP contribution in [0.25, 0.3) is 0 Å². The minimum absolute atomic E-state index is 0.215. The molecule has 0 aliphatic carbocycles. The Balaban J connectivity index is 1.98. The standard InChI is InChI=1S/C12H21N3O2/c1-8-13-9-6-15(7-10(9)14(8)5)11(16)17-12(2,3)4/h9-10H,6-7H2,1-5H3. The summed E-state index contributed by atoms with van der Waals surface area (Å²) in [6, 6.07) is 0.537. The first kappa shape index (κ1) is 12.2. The Morgan fingerprint density at radius 3 is 2.59 bits per heavy atom. The van der Waals surface area contributed by atoms with Gasteiger partial charge in [-0.25, -0.2) is 4.79 Å². The van der Waals surface area contributed by atoms with Gasteiger partial charge in [0.1, 0.15) is 5.60 Å². The smallest absolute Gasteiger partial charge is 0.410 e. The molecule has 1 amide bonds. The molecule has 5 nitrogen and oxygen atoms in total. The number of fused-ring (bicyclic) bond motifs is 1. The molecule has 2 atom stereocenters. The van der Waals surface area contributed by atoms with Gasteiger partial charge in [0.15, 0.2) is 0 Å². The number of likely N-dealkylation sites (tertiary alicyclic amines) is 1. The Morgan fingerprint density at radius 2 is 2.06 bits per heavy atom. The van der Waals surface area contributed by atoms with Crippen LogP contribution in [-0.4, -0.2) is 59.6 Å². The van der Waals surface area contributed by atoms with Crippen LogP contribution in [0.4, 0.5) is 4.79 Å². The van der Waals surface area contributed by atoms with E-state index in [0.717, 1.165) is 5.84 Å². The highest BCUT2D eigenvalue weighted by Gasteiger charge is 2.42. The van der Waals surface area contributed by atoms with Gasteiger partial charge in [-0.2, -0.15) is 0 Å². The first-order chi connectivity index (χ1) is 7.78. The molecule has 0 N–H and O–H groups in total. The van der Waals surface area contributed by atoms with Gasteiger partial charge in [-0.3, -0.25) is 4.99 Å². The summed E-state index contributed by atoms with van der Waals surface area (Å²) in [5, 5.41) is 0.